The fourth-order valence-electron chi connectivity index (χ4n) is 2.02. The maximum Gasteiger partial charge on any atom is 0.279 e. The van der Waals surface area contributed by atoms with Gasteiger partial charge in [0.2, 0.25) is 0 Å². The van der Waals surface area contributed by atoms with E-state index in [0.29, 0.717) is 25.6 Å². The number of rotatable bonds is 7. The molecule has 1 saturated heterocycles. The van der Waals surface area contributed by atoms with E-state index >= 15 is 0 Å². The molecular formula is C11H23BrN2O3S. The molecule has 1 fully saturated rings. The molecule has 0 aliphatic carbocycles. The van der Waals surface area contributed by atoms with E-state index in [-0.39, 0.29) is 6.04 Å². The van der Waals surface area contributed by atoms with Gasteiger partial charge in [0.25, 0.3) is 10.2 Å². The Morgan fingerprint density at radius 2 is 2.06 bits per heavy atom. The van der Waals surface area contributed by atoms with Gasteiger partial charge in [-0.25, -0.2) is 0 Å². The van der Waals surface area contributed by atoms with Crippen LogP contribution in [0.3, 0.4) is 0 Å². The normalized spacial score (nSPS) is 21.1. The molecule has 108 valence electrons. The predicted octanol–water partition coefficient (Wildman–Crippen LogP) is 1.35. The van der Waals surface area contributed by atoms with E-state index in [4.69, 9.17) is 4.74 Å². The second-order valence-electron chi connectivity index (χ2n) is 4.83. The van der Waals surface area contributed by atoms with Crippen LogP contribution in [0.1, 0.15) is 26.2 Å². The van der Waals surface area contributed by atoms with Crippen LogP contribution in [0.2, 0.25) is 0 Å². The van der Waals surface area contributed by atoms with Crippen molar-refractivity contribution in [2.75, 3.05) is 32.1 Å². The molecule has 1 N–H and O–H groups in total. The van der Waals surface area contributed by atoms with Gasteiger partial charge in [0.15, 0.2) is 0 Å². The number of hydrogen-bond acceptors (Lipinski definition) is 3. The van der Waals surface area contributed by atoms with Crippen molar-refractivity contribution in [3.8, 4) is 0 Å². The summed E-state index contributed by atoms with van der Waals surface area (Å²) in [5.41, 5.74) is 0. The van der Waals surface area contributed by atoms with E-state index in [1.54, 1.807) is 11.4 Å². The van der Waals surface area contributed by atoms with E-state index in [2.05, 4.69) is 27.6 Å². The Morgan fingerprint density at radius 3 is 2.56 bits per heavy atom. The molecule has 0 saturated carbocycles. The summed E-state index contributed by atoms with van der Waals surface area (Å²) >= 11 is 3.33. The minimum atomic E-state index is -3.37. The highest BCUT2D eigenvalue weighted by atomic mass is 79.9. The van der Waals surface area contributed by atoms with Gasteiger partial charge < -0.3 is 4.74 Å². The lowest BCUT2D eigenvalue weighted by Gasteiger charge is -2.31. The van der Waals surface area contributed by atoms with Crippen LogP contribution in [0.25, 0.3) is 0 Å². The van der Waals surface area contributed by atoms with Crippen molar-refractivity contribution in [2.45, 2.75) is 32.2 Å². The highest BCUT2D eigenvalue weighted by Gasteiger charge is 2.28. The minimum absolute atomic E-state index is 0.168. The predicted molar refractivity (Wildman–Crippen MR) is 76.1 cm³/mol. The van der Waals surface area contributed by atoms with Gasteiger partial charge in [-0.1, -0.05) is 22.9 Å². The van der Waals surface area contributed by atoms with Crippen LogP contribution in [0.5, 0.6) is 0 Å². The number of ether oxygens (including phenoxy) is 1. The maximum atomic E-state index is 12.2. The summed E-state index contributed by atoms with van der Waals surface area (Å²) in [7, 11) is -1.79. The fraction of sp³-hybridized carbons (Fsp3) is 1.00. The van der Waals surface area contributed by atoms with Crippen LogP contribution in [0.15, 0.2) is 0 Å². The van der Waals surface area contributed by atoms with E-state index in [1.807, 2.05) is 0 Å². The monoisotopic (exact) mass is 342 g/mol. The first-order valence-corrected chi connectivity index (χ1v) is 8.88. The van der Waals surface area contributed by atoms with Gasteiger partial charge in [0, 0.05) is 31.6 Å². The molecule has 1 aliphatic rings. The first kappa shape index (κ1) is 16.4. The van der Waals surface area contributed by atoms with Crippen LogP contribution in [0.4, 0.5) is 0 Å². The molecule has 0 amide bonds. The zero-order valence-corrected chi connectivity index (χ0v) is 13.5. The molecule has 1 rings (SSSR count). The number of methoxy groups -OCH3 is 1. The summed E-state index contributed by atoms with van der Waals surface area (Å²) in [5, 5.41) is 0.751. The van der Waals surface area contributed by atoms with Crippen LogP contribution in [0, 0.1) is 5.92 Å². The lowest BCUT2D eigenvalue weighted by Crippen LogP contribution is -2.49. The first-order chi connectivity index (χ1) is 8.49. The van der Waals surface area contributed by atoms with Crippen LogP contribution in [-0.4, -0.2) is 50.9 Å². The Kier molecular flexibility index (Phi) is 7.08. The summed E-state index contributed by atoms with van der Waals surface area (Å²) in [6, 6.07) is -0.168. The Morgan fingerprint density at radius 1 is 1.44 bits per heavy atom. The lowest BCUT2D eigenvalue weighted by atomic mass is 10.0. The first-order valence-electron chi connectivity index (χ1n) is 6.32. The molecule has 0 bridgehead atoms. The van der Waals surface area contributed by atoms with Crippen molar-refractivity contribution in [3.05, 3.63) is 0 Å². The SMILES string of the molecule is COCC(CCBr)NS(=O)(=O)N1CCC(C)CC1. The number of hydrogen-bond donors (Lipinski definition) is 1. The van der Waals surface area contributed by atoms with Gasteiger partial charge in [-0.3, -0.25) is 0 Å². The Bertz CT molecular complexity index is 323. The molecule has 0 aromatic heterocycles. The molecule has 1 unspecified atom stereocenters. The summed E-state index contributed by atoms with van der Waals surface area (Å²) in [4.78, 5) is 0. The third-order valence-electron chi connectivity index (χ3n) is 3.22. The van der Waals surface area contributed by atoms with Gasteiger partial charge in [-0.15, -0.1) is 0 Å². The molecule has 5 nitrogen and oxygen atoms in total. The zero-order valence-electron chi connectivity index (χ0n) is 11.1. The fourth-order valence-corrected chi connectivity index (χ4v) is 4.02. The Hall–Kier alpha value is 0.310. The average molecular weight is 343 g/mol. The maximum absolute atomic E-state index is 12.2. The number of piperidine rings is 1. The molecular weight excluding hydrogens is 320 g/mol. The molecule has 0 spiro atoms. The molecule has 1 atom stereocenters. The van der Waals surface area contributed by atoms with Crippen LogP contribution < -0.4 is 4.72 Å². The second kappa shape index (κ2) is 7.79. The van der Waals surface area contributed by atoms with Gasteiger partial charge in [-0.2, -0.15) is 17.4 Å². The second-order valence-corrected chi connectivity index (χ2v) is 7.33. The standard InChI is InChI=1S/C11H23BrN2O3S/c1-10-4-7-14(8-5-10)18(15,16)13-11(3-6-12)9-17-2/h10-11,13H,3-9H2,1-2H3. The smallest absolute Gasteiger partial charge is 0.279 e. The molecule has 18 heavy (non-hydrogen) atoms. The van der Waals surface area contributed by atoms with Crippen molar-refractivity contribution in [3.63, 3.8) is 0 Å². The highest BCUT2D eigenvalue weighted by Crippen LogP contribution is 2.18. The molecule has 0 aromatic carbocycles. The lowest BCUT2D eigenvalue weighted by molar-refractivity contribution is 0.172. The van der Waals surface area contributed by atoms with Gasteiger partial charge in [-0.05, 0) is 25.2 Å². The summed E-state index contributed by atoms with van der Waals surface area (Å²) in [6.07, 6.45) is 2.60. The van der Waals surface area contributed by atoms with Gasteiger partial charge in [0.05, 0.1) is 6.61 Å². The van der Waals surface area contributed by atoms with Crippen molar-refractivity contribution in [1.82, 2.24) is 9.03 Å². The number of nitrogens with zero attached hydrogens (tertiary/aromatic N) is 1. The Labute approximate surface area is 119 Å². The summed E-state index contributed by atoms with van der Waals surface area (Å²) in [6.45, 7) is 3.79. The van der Waals surface area contributed by atoms with Crippen molar-refractivity contribution >= 4 is 26.1 Å². The average Bonchev–Trinajstić information content (AvgIpc) is 2.29. The van der Waals surface area contributed by atoms with E-state index in [0.717, 1.165) is 24.6 Å². The van der Waals surface area contributed by atoms with Crippen LogP contribution >= 0.6 is 15.9 Å². The third-order valence-corrected chi connectivity index (χ3v) is 5.36. The van der Waals surface area contributed by atoms with E-state index in [1.165, 1.54) is 0 Å². The van der Waals surface area contributed by atoms with Crippen molar-refractivity contribution in [1.29, 1.82) is 0 Å². The molecule has 0 aromatic rings. The van der Waals surface area contributed by atoms with Crippen molar-refractivity contribution in [2.24, 2.45) is 5.92 Å². The van der Waals surface area contributed by atoms with Gasteiger partial charge >= 0.3 is 0 Å². The number of nitrogens with one attached hydrogen (secondary N) is 1. The molecule has 7 heteroatoms. The van der Waals surface area contributed by atoms with Crippen LogP contribution in [-0.2, 0) is 14.9 Å². The molecule has 0 radical (unpaired) electrons. The number of halogens is 1. The Balaban J connectivity index is 2.56. The highest BCUT2D eigenvalue weighted by molar-refractivity contribution is 9.09. The quantitative estimate of drug-likeness (QED) is 0.710. The molecule has 1 heterocycles. The van der Waals surface area contributed by atoms with Gasteiger partial charge in [0.1, 0.15) is 0 Å². The van der Waals surface area contributed by atoms with E-state index < -0.39 is 10.2 Å². The van der Waals surface area contributed by atoms with Crippen molar-refractivity contribution < 1.29 is 13.2 Å². The zero-order chi connectivity index (χ0) is 13.6. The largest absolute Gasteiger partial charge is 0.383 e. The van der Waals surface area contributed by atoms with E-state index in [9.17, 15) is 8.42 Å². The summed E-state index contributed by atoms with van der Waals surface area (Å²) < 4.78 is 33.7. The minimum Gasteiger partial charge on any atom is -0.383 e. The number of alkyl halides is 1. The molecule has 1 aliphatic heterocycles. The third kappa shape index (κ3) is 5.13. The topological polar surface area (TPSA) is 58.6 Å². The summed E-state index contributed by atoms with van der Waals surface area (Å²) in [5.74, 6) is 0.619.